The quantitative estimate of drug-likeness (QED) is 0.0222. The van der Waals surface area contributed by atoms with E-state index in [1.807, 2.05) is 0 Å². The summed E-state index contributed by atoms with van der Waals surface area (Å²) in [6.07, 6.45) is 39.0. The molecule has 504 valence electrons. The number of rotatable bonds is 64. The molecule has 0 aromatic rings. The van der Waals surface area contributed by atoms with Gasteiger partial charge in [-0.1, -0.05) is 273 Å². The van der Waals surface area contributed by atoms with Gasteiger partial charge in [0.1, 0.15) is 19.3 Å². The maximum absolute atomic E-state index is 13.0. The molecule has 0 aliphatic rings. The number of carbonyl (C=O) groups is 4. The highest BCUT2D eigenvalue weighted by molar-refractivity contribution is 7.47. The number of carbonyl (C=O) groups excluding carboxylic acids is 4. The minimum Gasteiger partial charge on any atom is -0.462 e. The third-order valence-corrected chi connectivity index (χ3v) is 17.4. The standard InChI is InChI=1S/C66H128O17P2/c1-8-10-11-12-23-33-40-47-63(68)76-53-61(83-66(71)50-43-36-29-22-21-26-32-39-46-59(7)9-2)55-80-84(72,73)78-51-60(67)52-79-85(74,75)81-56-62(54-77-64(69)48-41-34-27-20-16-18-25-31-38-45-58(5)6)82-65(70)49-42-35-28-19-15-13-14-17-24-30-37-44-57(3)4/h57-62,67H,8-56H2,1-7H3,(H,72,73)(H,74,75)/t59?,60-,61+,62+/m0/s1. The number of aliphatic hydroxyl groups excluding tert-OH is 1. The van der Waals surface area contributed by atoms with Crippen molar-refractivity contribution in [2.75, 3.05) is 39.6 Å². The van der Waals surface area contributed by atoms with Crippen molar-refractivity contribution in [3.05, 3.63) is 0 Å². The van der Waals surface area contributed by atoms with Gasteiger partial charge in [0.15, 0.2) is 12.2 Å². The lowest BCUT2D eigenvalue weighted by Crippen LogP contribution is -2.30. The molecule has 0 radical (unpaired) electrons. The van der Waals surface area contributed by atoms with Crippen molar-refractivity contribution in [2.45, 2.75) is 343 Å². The summed E-state index contributed by atoms with van der Waals surface area (Å²) in [7, 11) is -9.89. The number of hydrogen-bond donors (Lipinski definition) is 3. The number of hydrogen-bond acceptors (Lipinski definition) is 15. The van der Waals surface area contributed by atoms with E-state index >= 15 is 0 Å². The Bertz CT molecular complexity index is 1680. The Morgan fingerprint density at radius 3 is 0.894 bits per heavy atom. The molecule has 0 bridgehead atoms. The molecule has 0 spiro atoms. The normalized spacial score (nSPS) is 14.6. The van der Waals surface area contributed by atoms with E-state index in [1.54, 1.807) is 0 Å². The Morgan fingerprint density at radius 1 is 0.341 bits per heavy atom. The summed E-state index contributed by atoms with van der Waals surface area (Å²) in [5.41, 5.74) is 0. The molecule has 85 heavy (non-hydrogen) atoms. The highest BCUT2D eigenvalue weighted by Gasteiger charge is 2.30. The summed E-state index contributed by atoms with van der Waals surface area (Å²) in [5.74, 6) is 0.142. The Kier molecular flexibility index (Phi) is 55.9. The Morgan fingerprint density at radius 2 is 0.600 bits per heavy atom. The third-order valence-electron chi connectivity index (χ3n) is 15.5. The van der Waals surface area contributed by atoms with Gasteiger partial charge >= 0.3 is 39.5 Å². The second-order valence-electron chi connectivity index (χ2n) is 25.1. The minimum atomic E-state index is -4.95. The summed E-state index contributed by atoms with van der Waals surface area (Å²) in [6.45, 7) is 11.8. The molecule has 0 amide bonds. The Hall–Kier alpha value is -1.94. The average Bonchev–Trinajstić information content (AvgIpc) is 3.52. The van der Waals surface area contributed by atoms with Crippen LogP contribution in [0.1, 0.15) is 325 Å². The summed E-state index contributed by atoms with van der Waals surface area (Å²) in [5, 5.41) is 10.5. The molecule has 0 saturated carbocycles. The lowest BCUT2D eigenvalue weighted by atomic mass is 9.99. The number of phosphoric acid groups is 2. The largest absolute Gasteiger partial charge is 0.472 e. The van der Waals surface area contributed by atoms with Crippen molar-refractivity contribution >= 4 is 39.5 Å². The van der Waals surface area contributed by atoms with E-state index in [1.165, 1.54) is 122 Å². The highest BCUT2D eigenvalue weighted by Crippen LogP contribution is 2.45. The van der Waals surface area contributed by atoms with Crippen LogP contribution in [0.25, 0.3) is 0 Å². The molecule has 19 heteroatoms. The minimum absolute atomic E-state index is 0.104. The van der Waals surface area contributed by atoms with Crippen LogP contribution in [0.3, 0.4) is 0 Å². The van der Waals surface area contributed by atoms with Crippen LogP contribution in [0.5, 0.6) is 0 Å². The maximum atomic E-state index is 13.0. The number of aliphatic hydroxyl groups is 1. The Balaban J connectivity index is 5.23. The first kappa shape index (κ1) is 83.1. The first-order chi connectivity index (χ1) is 40.8. The van der Waals surface area contributed by atoms with E-state index in [-0.39, 0.29) is 25.7 Å². The van der Waals surface area contributed by atoms with E-state index in [0.29, 0.717) is 25.7 Å². The molecule has 0 heterocycles. The highest BCUT2D eigenvalue weighted by atomic mass is 31.2. The van der Waals surface area contributed by atoms with Gasteiger partial charge in [0.2, 0.25) is 0 Å². The van der Waals surface area contributed by atoms with E-state index < -0.39 is 97.5 Å². The van der Waals surface area contributed by atoms with Crippen molar-refractivity contribution in [2.24, 2.45) is 17.8 Å². The molecule has 17 nitrogen and oxygen atoms in total. The lowest BCUT2D eigenvalue weighted by Gasteiger charge is -2.21. The monoisotopic (exact) mass is 1250 g/mol. The van der Waals surface area contributed by atoms with Gasteiger partial charge < -0.3 is 33.8 Å². The predicted octanol–water partition coefficient (Wildman–Crippen LogP) is 18.3. The summed E-state index contributed by atoms with van der Waals surface area (Å²) in [4.78, 5) is 72.2. The van der Waals surface area contributed by atoms with Crippen LogP contribution in [-0.2, 0) is 65.4 Å². The van der Waals surface area contributed by atoms with Gasteiger partial charge in [0.05, 0.1) is 26.4 Å². The first-order valence-corrected chi connectivity index (χ1v) is 37.4. The number of esters is 4. The molecule has 0 aromatic carbocycles. The fourth-order valence-electron chi connectivity index (χ4n) is 9.80. The van der Waals surface area contributed by atoms with Gasteiger partial charge in [0.25, 0.3) is 0 Å². The fraction of sp³-hybridized carbons (Fsp3) is 0.939. The molecule has 0 fully saturated rings. The van der Waals surface area contributed by atoms with Gasteiger partial charge in [0, 0.05) is 25.7 Å². The molecule has 3 N–H and O–H groups in total. The predicted molar refractivity (Wildman–Crippen MR) is 340 cm³/mol. The van der Waals surface area contributed by atoms with Gasteiger partial charge in [-0.15, -0.1) is 0 Å². The zero-order chi connectivity index (χ0) is 63.1. The second kappa shape index (κ2) is 57.2. The van der Waals surface area contributed by atoms with Crippen molar-refractivity contribution in [1.82, 2.24) is 0 Å². The summed E-state index contributed by atoms with van der Waals surface area (Å²) >= 11 is 0. The summed E-state index contributed by atoms with van der Waals surface area (Å²) in [6, 6.07) is 0. The van der Waals surface area contributed by atoms with Gasteiger partial charge in [-0.3, -0.25) is 37.3 Å². The summed E-state index contributed by atoms with van der Waals surface area (Å²) < 4.78 is 68.0. The molecule has 0 rings (SSSR count). The number of unbranched alkanes of at least 4 members (excludes halogenated alkanes) is 31. The van der Waals surface area contributed by atoms with Crippen LogP contribution < -0.4 is 0 Å². The molecular weight excluding hydrogens is 1130 g/mol. The molecule has 0 aliphatic carbocycles. The molecular formula is C66H128O17P2. The fourth-order valence-corrected chi connectivity index (χ4v) is 11.4. The van der Waals surface area contributed by atoms with Crippen molar-refractivity contribution < 1.29 is 80.2 Å². The van der Waals surface area contributed by atoms with E-state index in [4.69, 9.17) is 37.0 Å². The van der Waals surface area contributed by atoms with E-state index in [0.717, 1.165) is 120 Å². The zero-order valence-electron chi connectivity index (χ0n) is 55.1. The van der Waals surface area contributed by atoms with Crippen LogP contribution >= 0.6 is 15.6 Å². The van der Waals surface area contributed by atoms with Gasteiger partial charge in [-0.25, -0.2) is 9.13 Å². The smallest absolute Gasteiger partial charge is 0.462 e. The van der Waals surface area contributed by atoms with Crippen molar-refractivity contribution in [1.29, 1.82) is 0 Å². The number of phosphoric ester groups is 2. The average molecular weight is 1260 g/mol. The first-order valence-electron chi connectivity index (χ1n) is 34.4. The van der Waals surface area contributed by atoms with Gasteiger partial charge in [-0.05, 0) is 43.4 Å². The Labute approximate surface area is 517 Å². The van der Waals surface area contributed by atoms with Crippen LogP contribution in [-0.4, -0.2) is 96.7 Å². The topological polar surface area (TPSA) is 237 Å². The molecule has 6 atom stereocenters. The lowest BCUT2D eigenvalue weighted by molar-refractivity contribution is -0.161. The van der Waals surface area contributed by atoms with Crippen LogP contribution in [0.15, 0.2) is 0 Å². The van der Waals surface area contributed by atoms with Gasteiger partial charge in [-0.2, -0.15) is 0 Å². The van der Waals surface area contributed by atoms with E-state index in [2.05, 4.69) is 48.5 Å². The SMILES string of the molecule is CCCCCCCCCC(=O)OC[C@H](COP(=O)(O)OC[C@H](O)COP(=O)(O)OC[C@@H](COC(=O)CCCCCCCCCCCC(C)C)OC(=O)CCCCCCCCCCCCCC(C)C)OC(=O)CCCCCCCCCCC(C)CC. The molecule has 0 aliphatic heterocycles. The maximum Gasteiger partial charge on any atom is 0.472 e. The zero-order valence-corrected chi connectivity index (χ0v) is 56.9. The third kappa shape index (κ3) is 59.5. The molecule has 3 unspecified atom stereocenters. The number of ether oxygens (including phenoxy) is 4. The molecule has 0 aromatic heterocycles. The second-order valence-corrected chi connectivity index (χ2v) is 28.0. The van der Waals surface area contributed by atoms with Crippen LogP contribution in [0, 0.1) is 17.8 Å². The van der Waals surface area contributed by atoms with E-state index in [9.17, 15) is 43.2 Å². The van der Waals surface area contributed by atoms with Crippen molar-refractivity contribution in [3.8, 4) is 0 Å². The van der Waals surface area contributed by atoms with Crippen LogP contribution in [0.4, 0.5) is 0 Å². The van der Waals surface area contributed by atoms with Crippen molar-refractivity contribution in [3.63, 3.8) is 0 Å². The van der Waals surface area contributed by atoms with Crippen LogP contribution in [0.2, 0.25) is 0 Å². The molecule has 0 saturated heterocycles.